The number of benzene rings is 1. The summed E-state index contributed by atoms with van der Waals surface area (Å²) in [5.41, 5.74) is 2.12. The molecule has 3 rings (SSSR count). The molecule has 1 aromatic rings. The molecule has 2 heteroatoms. The highest BCUT2D eigenvalue weighted by Crippen LogP contribution is 2.37. The van der Waals surface area contributed by atoms with E-state index in [0.717, 1.165) is 24.7 Å². The van der Waals surface area contributed by atoms with Crippen LogP contribution in [0.3, 0.4) is 0 Å². The van der Waals surface area contributed by atoms with Gasteiger partial charge in [-0.1, -0.05) is 51.7 Å². The van der Waals surface area contributed by atoms with Crippen LogP contribution < -0.4 is 0 Å². The van der Waals surface area contributed by atoms with Gasteiger partial charge in [0.2, 0.25) is 0 Å². The van der Waals surface area contributed by atoms with Crippen LogP contribution in [-0.2, 0) is 4.74 Å². The molecule has 0 unspecified atom stereocenters. The van der Waals surface area contributed by atoms with Crippen molar-refractivity contribution < 1.29 is 9.53 Å². The van der Waals surface area contributed by atoms with E-state index in [1.54, 1.807) is 0 Å². The summed E-state index contributed by atoms with van der Waals surface area (Å²) in [6, 6.07) is 8.29. The van der Waals surface area contributed by atoms with Gasteiger partial charge in [0.25, 0.3) is 0 Å². The monoisotopic (exact) mass is 370 g/mol. The summed E-state index contributed by atoms with van der Waals surface area (Å²) in [6.07, 6.45) is 15.2. The number of carbonyl (C=O) groups excluding carboxylic acids is 1. The molecule has 0 heterocycles. The molecule has 150 valence electrons. The van der Waals surface area contributed by atoms with Gasteiger partial charge in [0.15, 0.2) is 0 Å². The van der Waals surface area contributed by atoms with Crippen LogP contribution in [-0.4, -0.2) is 12.1 Å². The quantitative estimate of drug-likeness (QED) is 0.471. The Labute approximate surface area is 166 Å². The topological polar surface area (TPSA) is 26.3 Å². The summed E-state index contributed by atoms with van der Waals surface area (Å²) in [5, 5.41) is 0. The highest BCUT2D eigenvalue weighted by atomic mass is 16.5. The van der Waals surface area contributed by atoms with E-state index in [1.807, 2.05) is 12.1 Å². The lowest BCUT2D eigenvalue weighted by molar-refractivity contribution is 0.0161. The van der Waals surface area contributed by atoms with Crippen molar-refractivity contribution in [2.24, 2.45) is 11.8 Å². The second kappa shape index (κ2) is 10.3. The molecule has 0 aromatic heterocycles. The molecular weight excluding hydrogens is 332 g/mol. The minimum absolute atomic E-state index is 0.124. The van der Waals surface area contributed by atoms with Gasteiger partial charge in [0, 0.05) is 0 Å². The summed E-state index contributed by atoms with van der Waals surface area (Å²) in [6.45, 7) is 4.57. The van der Waals surface area contributed by atoms with Gasteiger partial charge >= 0.3 is 5.97 Å². The fraction of sp³-hybridized carbons (Fsp3) is 0.720. The smallest absolute Gasteiger partial charge is 0.338 e. The molecule has 0 spiro atoms. The Balaban J connectivity index is 1.45. The van der Waals surface area contributed by atoms with Crippen molar-refractivity contribution in [2.45, 2.75) is 103 Å². The zero-order valence-electron chi connectivity index (χ0n) is 17.4. The lowest BCUT2D eigenvalue weighted by atomic mass is 9.78. The van der Waals surface area contributed by atoms with Crippen LogP contribution in [0.2, 0.25) is 0 Å². The molecule has 0 saturated heterocycles. The number of unbranched alkanes of at least 4 members (excludes halogenated alkanes) is 1. The molecule has 1 aromatic carbocycles. The molecule has 27 heavy (non-hydrogen) atoms. The number of rotatable bonds is 7. The lowest BCUT2D eigenvalue weighted by Gasteiger charge is -2.29. The molecule has 0 N–H and O–H groups in total. The minimum atomic E-state index is -0.131. The minimum Gasteiger partial charge on any atom is -0.459 e. The normalized spacial score (nSPS) is 28.7. The fourth-order valence-corrected chi connectivity index (χ4v) is 5.05. The Hall–Kier alpha value is -1.31. The Morgan fingerprint density at radius 1 is 0.889 bits per heavy atom. The largest absolute Gasteiger partial charge is 0.459 e. The van der Waals surface area contributed by atoms with Crippen molar-refractivity contribution in [1.82, 2.24) is 0 Å². The third kappa shape index (κ3) is 5.83. The van der Waals surface area contributed by atoms with Crippen molar-refractivity contribution >= 4 is 5.97 Å². The SMILES string of the molecule is CCCCC1CCC(OC(=O)c2ccc(C3CCC(CC)CC3)cc2)CC1. The van der Waals surface area contributed by atoms with Crippen molar-refractivity contribution in [3.63, 3.8) is 0 Å². The van der Waals surface area contributed by atoms with E-state index in [4.69, 9.17) is 4.74 Å². The van der Waals surface area contributed by atoms with Crippen LogP contribution in [0.4, 0.5) is 0 Å². The highest BCUT2D eigenvalue weighted by Gasteiger charge is 2.25. The van der Waals surface area contributed by atoms with Gasteiger partial charge in [-0.2, -0.15) is 0 Å². The van der Waals surface area contributed by atoms with Gasteiger partial charge < -0.3 is 4.74 Å². The van der Waals surface area contributed by atoms with Gasteiger partial charge in [-0.15, -0.1) is 0 Å². The molecular formula is C25H38O2. The maximum Gasteiger partial charge on any atom is 0.338 e. The summed E-state index contributed by atoms with van der Waals surface area (Å²) in [4.78, 5) is 12.5. The molecule has 2 aliphatic rings. The van der Waals surface area contributed by atoms with Crippen molar-refractivity contribution in [1.29, 1.82) is 0 Å². The molecule has 0 radical (unpaired) electrons. The second-order valence-corrected chi connectivity index (χ2v) is 8.94. The molecule has 2 aliphatic carbocycles. The summed E-state index contributed by atoms with van der Waals surface area (Å²) >= 11 is 0. The molecule has 2 nitrogen and oxygen atoms in total. The second-order valence-electron chi connectivity index (χ2n) is 8.94. The standard InChI is InChI=1S/C25H38O2/c1-3-5-6-20-9-17-24(18-10-20)27-25(26)23-15-13-22(14-16-23)21-11-7-19(4-2)8-12-21/h13-16,19-21,24H,3-12,17-18H2,1-2H3. The molecule has 0 bridgehead atoms. The van der Waals surface area contributed by atoms with Crippen molar-refractivity contribution in [3.8, 4) is 0 Å². The van der Waals surface area contributed by atoms with Crippen LogP contribution in [0.5, 0.6) is 0 Å². The predicted molar refractivity (Wildman–Crippen MR) is 112 cm³/mol. The van der Waals surface area contributed by atoms with Crippen LogP contribution in [0.25, 0.3) is 0 Å². The summed E-state index contributed by atoms with van der Waals surface area (Å²) in [7, 11) is 0. The van der Waals surface area contributed by atoms with E-state index >= 15 is 0 Å². The molecule has 0 amide bonds. The van der Waals surface area contributed by atoms with E-state index in [2.05, 4.69) is 26.0 Å². The Kier molecular flexibility index (Phi) is 7.79. The number of ether oxygens (including phenoxy) is 1. The van der Waals surface area contributed by atoms with Gasteiger partial charge in [-0.3, -0.25) is 0 Å². The molecule has 2 saturated carbocycles. The summed E-state index contributed by atoms with van der Waals surface area (Å²) < 4.78 is 5.81. The number of hydrogen-bond acceptors (Lipinski definition) is 2. The summed E-state index contributed by atoms with van der Waals surface area (Å²) in [5.74, 6) is 2.32. The first kappa shape index (κ1) is 20.4. The Bertz CT molecular complexity index is 560. The van der Waals surface area contributed by atoms with Crippen molar-refractivity contribution in [2.75, 3.05) is 0 Å². The van der Waals surface area contributed by atoms with Gasteiger partial charge in [-0.25, -0.2) is 4.79 Å². The predicted octanol–water partition coefficient (Wildman–Crippen LogP) is 7.28. The maximum absolute atomic E-state index is 12.5. The highest BCUT2D eigenvalue weighted by molar-refractivity contribution is 5.89. The first-order valence-electron chi connectivity index (χ1n) is 11.5. The third-order valence-electron chi connectivity index (χ3n) is 7.08. The molecule has 0 atom stereocenters. The zero-order valence-corrected chi connectivity index (χ0v) is 17.4. The Morgan fingerprint density at radius 2 is 1.52 bits per heavy atom. The Morgan fingerprint density at radius 3 is 2.11 bits per heavy atom. The first-order valence-corrected chi connectivity index (χ1v) is 11.5. The maximum atomic E-state index is 12.5. The van der Waals surface area contributed by atoms with Crippen molar-refractivity contribution in [3.05, 3.63) is 35.4 Å². The fourth-order valence-electron chi connectivity index (χ4n) is 5.05. The van der Waals surface area contributed by atoms with Crippen LogP contribution in [0.1, 0.15) is 113 Å². The average Bonchev–Trinajstić information content (AvgIpc) is 2.73. The number of hydrogen-bond donors (Lipinski definition) is 0. The van der Waals surface area contributed by atoms with Gasteiger partial charge in [0.05, 0.1) is 5.56 Å². The van der Waals surface area contributed by atoms with E-state index in [9.17, 15) is 4.79 Å². The van der Waals surface area contributed by atoms with E-state index in [-0.39, 0.29) is 12.1 Å². The molecule has 0 aliphatic heterocycles. The van der Waals surface area contributed by atoms with Crippen LogP contribution in [0, 0.1) is 11.8 Å². The lowest BCUT2D eigenvalue weighted by Crippen LogP contribution is -2.24. The zero-order chi connectivity index (χ0) is 19.1. The first-order chi connectivity index (χ1) is 13.2. The van der Waals surface area contributed by atoms with Crippen LogP contribution >= 0.6 is 0 Å². The number of carbonyl (C=O) groups is 1. The third-order valence-corrected chi connectivity index (χ3v) is 7.08. The van der Waals surface area contributed by atoms with Gasteiger partial charge in [0.1, 0.15) is 6.10 Å². The average molecular weight is 371 g/mol. The molecule has 2 fully saturated rings. The van der Waals surface area contributed by atoms with E-state index in [0.29, 0.717) is 11.5 Å². The van der Waals surface area contributed by atoms with E-state index < -0.39 is 0 Å². The van der Waals surface area contributed by atoms with Crippen LogP contribution in [0.15, 0.2) is 24.3 Å². The number of esters is 1. The van der Waals surface area contributed by atoms with Gasteiger partial charge in [-0.05, 0) is 86.8 Å². The van der Waals surface area contributed by atoms with E-state index in [1.165, 1.54) is 69.8 Å².